The van der Waals surface area contributed by atoms with E-state index in [0.29, 0.717) is 29.0 Å². The second-order valence-electron chi connectivity index (χ2n) is 4.22. The highest BCUT2D eigenvalue weighted by Crippen LogP contribution is 2.16. The van der Waals surface area contributed by atoms with Gasteiger partial charge in [-0.05, 0) is 31.2 Å². The topological polar surface area (TPSA) is 94.3 Å². The minimum Gasteiger partial charge on any atom is -0.462 e. The Hall–Kier alpha value is -2.35. The molecule has 1 aromatic carbocycles. The molecular formula is C14H15N3O4S. The molecule has 2 rings (SSSR count). The van der Waals surface area contributed by atoms with Gasteiger partial charge < -0.3 is 14.5 Å². The molecule has 1 heterocycles. The number of thioether (sulfide) groups is 1. The van der Waals surface area contributed by atoms with Gasteiger partial charge in [0.1, 0.15) is 0 Å². The van der Waals surface area contributed by atoms with Crippen LogP contribution in [0.5, 0.6) is 0 Å². The van der Waals surface area contributed by atoms with Gasteiger partial charge in [0.2, 0.25) is 11.8 Å². The third-order valence-electron chi connectivity index (χ3n) is 2.51. The standard InChI is InChI=1S/C14H15N3O4S/c1-3-20-13(19)10-4-6-11(7-5-10)15-12(18)8-22-14-17-16-9(2)21-14/h4-7H,3,8H2,1-2H3,(H,15,18). The number of nitrogens with one attached hydrogen (secondary N) is 1. The zero-order chi connectivity index (χ0) is 15.9. The number of carbonyl (C=O) groups is 2. The number of hydrogen-bond acceptors (Lipinski definition) is 7. The number of amides is 1. The van der Waals surface area contributed by atoms with E-state index in [1.165, 1.54) is 0 Å². The largest absolute Gasteiger partial charge is 0.462 e. The highest BCUT2D eigenvalue weighted by molar-refractivity contribution is 7.99. The fourth-order valence-electron chi connectivity index (χ4n) is 1.57. The highest BCUT2D eigenvalue weighted by atomic mass is 32.2. The summed E-state index contributed by atoms with van der Waals surface area (Å²) in [5, 5.41) is 10.5. The molecule has 0 atom stereocenters. The lowest BCUT2D eigenvalue weighted by Crippen LogP contribution is -2.14. The quantitative estimate of drug-likeness (QED) is 0.644. The zero-order valence-electron chi connectivity index (χ0n) is 12.2. The van der Waals surface area contributed by atoms with Gasteiger partial charge in [0.25, 0.3) is 5.22 Å². The van der Waals surface area contributed by atoms with E-state index >= 15 is 0 Å². The van der Waals surface area contributed by atoms with Crippen LogP contribution in [0.3, 0.4) is 0 Å². The molecule has 2 aromatic rings. The third-order valence-corrected chi connectivity index (χ3v) is 3.33. The SMILES string of the molecule is CCOC(=O)c1ccc(NC(=O)CSc2nnc(C)o2)cc1. The van der Waals surface area contributed by atoms with Gasteiger partial charge in [-0.2, -0.15) is 0 Å². The Bertz CT molecular complexity index is 654. The van der Waals surface area contributed by atoms with Crippen molar-refractivity contribution in [3.63, 3.8) is 0 Å². The molecule has 0 aliphatic rings. The number of nitrogens with zero attached hydrogens (tertiary/aromatic N) is 2. The van der Waals surface area contributed by atoms with Gasteiger partial charge in [-0.3, -0.25) is 4.79 Å². The summed E-state index contributed by atoms with van der Waals surface area (Å²) in [7, 11) is 0. The number of aryl methyl sites for hydroxylation is 1. The monoisotopic (exact) mass is 321 g/mol. The zero-order valence-corrected chi connectivity index (χ0v) is 13.0. The van der Waals surface area contributed by atoms with Crippen LogP contribution in [0.4, 0.5) is 5.69 Å². The number of aromatic nitrogens is 2. The Labute approximate surface area is 131 Å². The molecule has 1 aromatic heterocycles. The molecule has 0 radical (unpaired) electrons. The van der Waals surface area contributed by atoms with E-state index in [4.69, 9.17) is 9.15 Å². The normalized spacial score (nSPS) is 10.3. The van der Waals surface area contributed by atoms with Crippen LogP contribution in [-0.4, -0.2) is 34.4 Å². The molecule has 7 nitrogen and oxygen atoms in total. The van der Waals surface area contributed by atoms with Gasteiger partial charge >= 0.3 is 5.97 Å². The number of carbonyl (C=O) groups excluding carboxylic acids is 2. The third kappa shape index (κ3) is 4.59. The Morgan fingerprint density at radius 1 is 1.27 bits per heavy atom. The number of hydrogen-bond donors (Lipinski definition) is 1. The lowest BCUT2D eigenvalue weighted by atomic mass is 10.2. The molecule has 22 heavy (non-hydrogen) atoms. The minimum atomic E-state index is -0.386. The summed E-state index contributed by atoms with van der Waals surface area (Å²) in [5.41, 5.74) is 1.04. The lowest BCUT2D eigenvalue weighted by molar-refractivity contribution is -0.113. The summed E-state index contributed by atoms with van der Waals surface area (Å²) in [6, 6.07) is 6.49. The number of rotatable bonds is 6. The summed E-state index contributed by atoms with van der Waals surface area (Å²) in [5.74, 6) is 0.0197. The van der Waals surface area contributed by atoms with Crippen molar-refractivity contribution >= 4 is 29.3 Å². The van der Waals surface area contributed by atoms with E-state index in [0.717, 1.165) is 11.8 Å². The first-order valence-corrected chi connectivity index (χ1v) is 7.57. The van der Waals surface area contributed by atoms with Crippen LogP contribution in [0, 0.1) is 6.92 Å². The predicted molar refractivity (Wildman–Crippen MR) is 80.8 cm³/mol. The molecule has 0 unspecified atom stereocenters. The maximum Gasteiger partial charge on any atom is 0.338 e. The Morgan fingerprint density at radius 3 is 2.59 bits per heavy atom. The van der Waals surface area contributed by atoms with Crippen molar-refractivity contribution in [1.29, 1.82) is 0 Å². The van der Waals surface area contributed by atoms with Crippen LogP contribution < -0.4 is 5.32 Å². The van der Waals surface area contributed by atoms with Crippen molar-refractivity contribution < 1.29 is 18.7 Å². The molecule has 1 amide bonds. The average Bonchev–Trinajstić information content (AvgIpc) is 2.92. The molecule has 1 N–H and O–H groups in total. The fraction of sp³-hybridized carbons (Fsp3) is 0.286. The van der Waals surface area contributed by atoms with Crippen LogP contribution in [0.2, 0.25) is 0 Å². The average molecular weight is 321 g/mol. The second-order valence-corrected chi connectivity index (χ2v) is 5.15. The molecule has 0 aliphatic heterocycles. The number of benzene rings is 1. The van der Waals surface area contributed by atoms with Gasteiger partial charge in [-0.1, -0.05) is 11.8 Å². The van der Waals surface area contributed by atoms with E-state index in [2.05, 4.69) is 15.5 Å². The molecule has 0 fully saturated rings. The van der Waals surface area contributed by atoms with Crippen LogP contribution in [-0.2, 0) is 9.53 Å². The Kier molecular flexibility index (Phi) is 5.54. The van der Waals surface area contributed by atoms with Gasteiger partial charge in [0.05, 0.1) is 17.9 Å². The summed E-state index contributed by atoms with van der Waals surface area (Å²) < 4.78 is 10.0. The summed E-state index contributed by atoms with van der Waals surface area (Å²) >= 11 is 1.16. The van der Waals surface area contributed by atoms with Crippen LogP contribution >= 0.6 is 11.8 Å². The number of anilines is 1. The maximum absolute atomic E-state index is 11.8. The molecule has 116 valence electrons. The van der Waals surface area contributed by atoms with Crippen molar-refractivity contribution in [3.8, 4) is 0 Å². The first-order valence-electron chi connectivity index (χ1n) is 6.58. The van der Waals surface area contributed by atoms with Crippen molar-refractivity contribution in [2.75, 3.05) is 17.7 Å². The maximum atomic E-state index is 11.8. The molecule has 0 spiro atoms. The highest BCUT2D eigenvalue weighted by Gasteiger charge is 2.09. The summed E-state index contributed by atoms with van der Waals surface area (Å²) in [6.45, 7) is 3.75. The predicted octanol–water partition coefficient (Wildman–Crippen LogP) is 2.29. The van der Waals surface area contributed by atoms with E-state index in [9.17, 15) is 9.59 Å². The number of ether oxygens (including phenoxy) is 1. The van der Waals surface area contributed by atoms with E-state index < -0.39 is 0 Å². The van der Waals surface area contributed by atoms with Gasteiger partial charge in [-0.25, -0.2) is 4.79 Å². The fourth-order valence-corrected chi connectivity index (χ4v) is 2.17. The van der Waals surface area contributed by atoms with Crippen molar-refractivity contribution in [3.05, 3.63) is 35.7 Å². The van der Waals surface area contributed by atoms with Gasteiger partial charge in [-0.15, -0.1) is 10.2 Å². The van der Waals surface area contributed by atoms with Gasteiger partial charge in [0, 0.05) is 12.6 Å². The summed E-state index contributed by atoms with van der Waals surface area (Å²) in [6.07, 6.45) is 0. The molecule has 0 bridgehead atoms. The van der Waals surface area contributed by atoms with E-state index in [1.807, 2.05) is 0 Å². The van der Waals surface area contributed by atoms with Crippen LogP contribution in [0.1, 0.15) is 23.2 Å². The Morgan fingerprint density at radius 2 is 2.00 bits per heavy atom. The van der Waals surface area contributed by atoms with Crippen molar-refractivity contribution in [2.45, 2.75) is 19.1 Å². The smallest absolute Gasteiger partial charge is 0.338 e. The molecular weight excluding hydrogens is 306 g/mol. The summed E-state index contributed by atoms with van der Waals surface area (Å²) in [4.78, 5) is 23.3. The Balaban J connectivity index is 1.85. The van der Waals surface area contributed by atoms with Crippen LogP contribution in [0.15, 0.2) is 33.9 Å². The van der Waals surface area contributed by atoms with Gasteiger partial charge in [0.15, 0.2) is 0 Å². The molecule has 0 saturated carbocycles. The molecule has 0 saturated heterocycles. The molecule has 8 heteroatoms. The van der Waals surface area contributed by atoms with Crippen LogP contribution in [0.25, 0.3) is 0 Å². The number of esters is 1. The van der Waals surface area contributed by atoms with Crippen molar-refractivity contribution in [2.24, 2.45) is 0 Å². The van der Waals surface area contributed by atoms with E-state index in [-0.39, 0.29) is 17.6 Å². The first kappa shape index (κ1) is 16.0. The molecule has 0 aliphatic carbocycles. The first-order chi connectivity index (χ1) is 10.6. The minimum absolute atomic E-state index is 0.154. The van der Waals surface area contributed by atoms with E-state index in [1.54, 1.807) is 38.1 Å². The van der Waals surface area contributed by atoms with Crippen molar-refractivity contribution in [1.82, 2.24) is 10.2 Å². The lowest BCUT2D eigenvalue weighted by Gasteiger charge is -2.05. The second kappa shape index (κ2) is 7.60.